The number of nitrogens with one attached hydrogen (secondary N) is 2. The molecule has 0 aliphatic rings. The maximum Gasteiger partial charge on any atom is 0.270 e. The van der Waals surface area contributed by atoms with Crippen LogP contribution in [0.2, 0.25) is 0 Å². The van der Waals surface area contributed by atoms with Crippen LogP contribution in [0.3, 0.4) is 0 Å². The SMILES string of the molecule is CC(=O)Nc1ccc(NC(=O)C(Oc2ccccc2)c2ccccc2)cc1. The number of benzene rings is 3. The molecule has 1 atom stereocenters. The molecule has 2 N–H and O–H groups in total. The van der Waals surface area contributed by atoms with Crippen LogP contribution in [-0.4, -0.2) is 11.8 Å². The monoisotopic (exact) mass is 360 g/mol. The van der Waals surface area contributed by atoms with E-state index in [4.69, 9.17) is 4.74 Å². The van der Waals surface area contributed by atoms with Crippen LogP contribution in [0.5, 0.6) is 5.75 Å². The van der Waals surface area contributed by atoms with E-state index >= 15 is 0 Å². The Morgan fingerprint density at radius 3 is 1.81 bits per heavy atom. The first kappa shape index (κ1) is 18.2. The molecule has 0 heterocycles. The Balaban J connectivity index is 1.77. The summed E-state index contributed by atoms with van der Waals surface area (Å²) in [4.78, 5) is 24.0. The van der Waals surface area contributed by atoms with Crippen molar-refractivity contribution in [1.29, 1.82) is 0 Å². The van der Waals surface area contributed by atoms with E-state index < -0.39 is 6.10 Å². The fraction of sp³-hybridized carbons (Fsp3) is 0.0909. The Morgan fingerprint density at radius 1 is 0.741 bits per heavy atom. The van der Waals surface area contributed by atoms with Crippen LogP contribution in [0.1, 0.15) is 18.6 Å². The Labute approximate surface area is 158 Å². The molecule has 5 heteroatoms. The molecule has 0 fully saturated rings. The van der Waals surface area contributed by atoms with Gasteiger partial charge < -0.3 is 15.4 Å². The quantitative estimate of drug-likeness (QED) is 0.684. The number of amides is 2. The molecular formula is C22H20N2O3. The molecule has 3 aromatic carbocycles. The van der Waals surface area contributed by atoms with E-state index in [9.17, 15) is 9.59 Å². The van der Waals surface area contributed by atoms with Crippen LogP contribution in [-0.2, 0) is 9.59 Å². The minimum Gasteiger partial charge on any atom is -0.476 e. The molecule has 0 spiro atoms. The van der Waals surface area contributed by atoms with E-state index in [0.29, 0.717) is 17.1 Å². The second-order valence-corrected chi connectivity index (χ2v) is 5.97. The summed E-state index contributed by atoms with van der Waals surface area (Å²) in [5.41, 5.74) is 2.04. The number of ether oxygens (including phenoxy) is 1. The molecule has 2 amide bonds. The van der Waals surface area contributed by atoms with Crippen LogP contribution in [0.15, 0.2) is 84.9 Å². The highest BCUT2D eigenvalue weighted by atomic mass is 16.5. The molecule has 136 valence electrons. The molecule has 0 radical (unpaired) electrons. The van der Waals surface area contributed by atoms with Crippen LogP contribution < -0.4 is 15.4 Å². The lowest BCUT2D eigenvalue weighted by Crippen LogP contribution is -2.25. The normalized spacial score (nSPS) is 11.3. The van der Waals surface area contributed by atoms with E-state index in [1.54, 1.807) is 24.3 Å². The molecule has 0 aliphatic heterocycles. The number of rotatable bonds is 6. The first-order valence-corrected chi connectivity index (χ1v) is 8.57. The number of hydrogen-bond donors (Lipinski definition) is 2. The third-order valence-electron chi connectivity index (χ3n) is 3.81. The van der Waals surface area contributed by atoms with Crippen molar-refractivity contribution in [3.8, 4) is 5.75 Å². The molecule has 0 aliphatic carbocycles. The van der Waals surface area contributed by atoms with Gasteiger partial charge in [0.05, 0.1) is 0 Å². The summed E-state index contributed by atoms with van der Waals surface area (Å²) in [6.07, 6.45) is -0.788. The Hall–Kier alpha value is -3.60. The average molecular weight is 360 g/mol. The third-order valence-corrected chi connectivity index (χ3v) is 3.81. The first-order chi connectivity index (χ1) is 13.1. The van der Waals surface area contributed by atoms with Gasteiger partial charge in [-0.05, 0) is 36.4 Å². The standard InChI is InChI=1S/C22H20N2O3/c1-16(25)23-18-12-14-19(15-13-18)24-22(26)21(17-8-4-2-5-9-17)27-20-10-6-3-7-11-20/h2-15,21H,1H3,(H,23,25)(H,24,26). The van der Waals surface area contributed by atoms with Gasteiger partial charge in [-0.3, -0.25) is 9.59 Å². The predicted molar refractivity (Wildman–Crippen MR) is 106 cm³/mol. The van der Waals surface area contributed by atoms with Gasteiger partial charge in [0.2, 0.25) is 12.0 Å². The van der Waals surface area contributed by atoms with E-state index in [0.717, 1.165) is 5.56 Å². The van der Waals surface area contributed by atoms with E-state index in [-0.39, 0.29) is 11.8 Å². The zero-order valence-corrected chi connectivity index (χ0v) is 14.9. The third kappa shape index (κ3) is 5.19. The fourth-order valence-corrected chi connectivity index (χ4v) is 2.58. The lowest BCUT2D eigenvalue weighted by molar-refractivity contribution is -0.123. The number of hydrogen-bond acceptors (Lipinski definition) is 3. The first-order valence-electron chi connectivity index (χ1n) is 8.57. The van der Waals surface area contributed by atoms with Gasteiger partial charge in [-0.15, -0.1) is 0 Å². The summed E-state index contributed by atoms with van der Waals surface area (Å²) < 4.78 is 5.94. The molecule has 3 rings (SSSR count). The molecule has 0 saturated carbocycles. The van der Waals surface area contributed by atoms with Crippen molar-refractivity contribution in [3.05, 3.63) is 90.5 Å². The highest BCUT2D eigenvalue weighted by molar-refractivity contribution is 5.95. The Kier molecular flexibility index (Phi) is 5.84. The molecule has 0 saturated heterocycles. The van der Waals surface area contributed by atoms with Crippen molar-refractivity contribution in [2.75, 3.05) is 10.6 Å². The van der Waals surface area contributed by atoms with Gasteiger partial charge in [-0.25, -0.2) is 0 Å². The molecule has 3 aromatic rings. The van der Waals surface area contributed by atoms with Gasteiger partial charge in [0.15, 0.2) is 0 Å². The molecule has 0 aromatic heterocycles. The zero-order valence-electron chi connectivity index (χ0n) is 14.9. The van der Waals surface area contributed by atoms with Gasteiger partial charge in [-0.1, -0.05) is 48.5 Å². The van der Waals surface area contributed by atoms with Gasteiger partial charge >= 0.3 is 0 Å². The van der Waals surface area contributed by atoms with Crippen LogP contribution >= 0.6 is 0 Å². The zero-order chi connectivity index (χ0) is 19.1. The van der Waals surface area contributed by atoms with Gasteiger partial charge in [0.25, 0.3) is 5.91 Å². The van der Waals surface area contributed by atoms with Gasteiger partial charge in [0.1, 0.15) is 5.75 Å². The van der Waals surface area contributed by atoms with Crippen molar-refractivity contribution < 1.29 is 14.3 Å². The highest BCUT2D eigenvalue weighted by Gasteiger charge is 2.22. The average Bonchev–Trinajstić information content (AvgIpc) is 2.68. The Bertz CT molecular complexity index is 894. The number of carbonyl (C=O) groups is 2. The minimum atomic E-state index is -0.788. The maximum atomic E-state index is 12.9. The summed E-state index contributed by atoms with van der Waals surface area (Å²) in [7, 11) is 0. The van der Waals surface area contributed by atoms with Crippen LogP contribution in [0.4, 0.5) is 11.4 Å². The van der Waals surface area contributed by atoms with Crippen molar-refractivity contribution >= 4 is 23.2 Å². The van der Waals surface area contributed by atoms with Crippen LogP contribution in [0.25, 0.3) is 0 Å². The van der Waals surface area contributed by atoms with Gasteiger partial charge in [-0.2, -0.15) is 0 Å². The molecule has 1 unspecified atom stereocenters. The van der Waals surface area contributed by atoms with E-state index in [1.165, 1.54) is 6.92 Å². The molecule has 5 nitrogen and oxygen atoms in total. The summed E-state index contributed by atoms with van der Waals surface area (Å²) in [6, 6.07) is 25.5. The lowest BCUT2D eigenvalue weighted by Gasteiger charge is -2.19. The number of anilines is 2. The largest absolute Gasteiger partial charge is 0.476 e. The van der Waals surface area contributed by atoms with Crippen molar-refractivity contribution in [3.63, 3.8) is 0 Å². The number of carbonyl (C=O) groups excluding carboxylic acids is 2. The smallest absolute Gasteiger partial charge is 0.270 e. The summed E-state index contributed by atoms with van der Waals surface area (Å²) >= 11 is 0. The summed E-state index contributed by atoms with van der Waals surface area (Å²) in [5, 5.41) is 5.55. The Morgan fingerprint density at radius 2 is 1.26 bits per heavy atom. The van der Waals surface area contributed by atoms with E-state index in [2.05, 4.69) is 10.6 Å². The summed E-state index contributed by atoms with van der Waals surface area (Å²) in [6.45, 7) is 1.45. The van der Waals surface area contributed by atoms with Gasteiger partial charge in [0, 0.05) is 23.9 Å². The fourth-order valence-electron chi connectivity index (χ4n) is 2.58. The molecule has 27 heavy (non-hydrogen) atoms. The second kappa shape index (κ2) is 8.67. The van der Waals surface area contributed by atoms with Crippen molar-refractivity contribution in [1.82, 2.24) is 0 Å². The lowest BCUT2D eigenvalue weighted by atomic mass is 10.1. The van der Waals surface area contributed by atoms with Crippen molar-refractivity contribution in [2.45, 2.75) is 13.0 Å². The van der Waals surface area contributed by atoms with Crippen LogP contribution in [0, 0.1) is 0 Å². The molecular weight excluding hydrogens is 340 g/mol. The summed E-state index contributed by atoms with van der Waals surface area (Å²) in [5.74, 6) is 0.187. The predicted octanol–water partition coefficient (Wildman–Crippen LogP) is 4.40. The number of para-hydroxylation sites is 1. The maximum absolute atomic E-state index is 12.9. The highest BCUT2D eigenvalue weighted by Crippen LogP contribution is 2.24. The minimum absolute atomic E-state index is 0.146. The van der Waals surface area contributed by atoms with E-state index in [1.807, 2.05) is 60.7 Å². The molecule has 0 bridgehead atoms. The second-order valence-electron chi connectivity index (χ2n) is 5.97. The topological polar surface area (TPSA) is 67.4 Å². The van der Waals surface area contributed by atoms with Crippen molar-refractivity contribution in [2.24, 2.45) is 0 Å².